The average Bonchev–Trinajstić information content (AvgIpc) is 3.22. The Morgan fingerprint density at radius 3 is 2.80 bits per heavy atom. The monoisotopic (exact) mass is 423 g/mol. The fourth-order valence-electron chi connectivity index (χ4n) is 2.75. The second-order valence-corrected chi connectivity index (χ2v) is 7.11. The minimum Gasteiger partial charge on any atom is -0.456 e. The van der Waals surface area contributed by atoms with Gasteiger partial charge in [-0.1, -0.05) is 18.2 Å². The van der Waals surface area contributed by atoms with Crippen LogP contribution < -0.4 is 10.9 Å². The van der Waals surface area contributed by atoms with Crippen molar-refractivity contribution in [2.75, 3.05) is 5.32 Å². The van der Waals surface area contributed by atoms with E-state index in [0.29, 0.717) is 16.3 Å². The molecule has 4 aromatic rings. The molecule has 7 nitrogen and oxygen atoms in total. The number of thiazole rings is 1. The summed E-state index contributed by atoms with van der Waals surface area (Å²) in [6.07, 6.45) is 1.62. The highest BCUT2D eigenvalue weighted by Crippen LogP contribution is 2.15. The SMILES string of the molecule is O=C(OCc1cc(=O)n2ccsc2n1)c1cccc(NC(=O)c2ccccc2F)c1. The van der Waals surface area contributed by atoms with Gasteiger partial charge in [-0.15, -0.1) is 11.3 Å². The molecular weight excluding hydrogens is 409 g/mol. The third-order valence-electron chi connectivity index (χ3n) is 4.18. The average molecular weight is 423 g/mol. The molecule has 0 aliphatic carbocycles. The molecule has 9 heteroatoms. The van der Waals surface area contributed by atoms with Crippen molar-refractivity contribution in [3.63, 3.8) is 0 Å². The van der Waals surface area contributed by atoms with Gasteiger partial charge in [0.15, 0.2) is 4.96 Å². The van der Waals surface area contributed by atoms with E-state index in [9.17, 15) is 18.8 Å². The maximum atomic E-state index is 13.8. The lowest BCUT2D eigenvalue weighted by Crippen LogP contribution is -2.15. The van der Waals surface area contributed by atoms with E-state index in [2.05, 4.69) is 10.3 Å². The molecular formula is C21H14FN3O4S. The van der Waals surface area contributed by atoms with Crippen LogP contribution in [0.5, 0.6) is 0 Å². The molecule has 2 aromatic heterocycles. The largest absolute Gasteiger partial charge is 0.456 e. The number of rotatable bonds is 5. The number of anilines is 1. The Balaban J connectivity index is 1.45. The zero-order chi connectivity index (χ0) is 21.1. The van der Waals surface area contributed by atoms with Gasteiger partial charge < -0.3 is 10.1 Å². The van der Waals surface area contributed by atoms with E-state index in [1.165, 1.54) is 52.1 Å². The third kappa shape index (κ3) is 4.11. The van der Waals surface area contributed by atoms with Gasteiger partial charge in [0.25, 0.3) is 11.5 Å². The van der Waals surface area contributed by atoms with Gasteiger partial charge in [-0.2, -0.15) is 0 Å². The van der Waals surface area contributed by atoms with E-state index < -0.39 is 17.7 Å². The van der Waals surface area contributed by atoms with Crippen molar-refractivity contribution >= 4 is 33.9 Å². The van der Waals surface area contributed by atoms with Gasteiger partial charge in [-0.05, 0) is 30.3 Å². The number of nitrogens with zero attached hydrogens (tertiary/aromatic N) is 2. The lowest BCUT2D eigenvalue weighted by molar-refractivity contribution is 0.0467. The summed E-state index contributed by atoms with van der Waals surface area (Å²) in [7, 11) is 0. The summed E-state index contributed by atoms with van der Waals surface area (Å²) in [5.41, 5.74) is 0.473. The number of hydrogen-bond donors (Lipinski definition) is 1. The summed E-state index contributed by atoms with van der Waals surface area (Å²) in [4.78, 5) is 41.4. The van der Waals surface area contributed by atoms with Crippen LogP contribution in [0.3, 0.4) is 0 Å². The van der Waals surface area contributed by atoms with Crippen LogP contribution >= 0.6 is 11.3 Å². The van der Waals surface area contributed by atoms with Gasteiger partial charge in [-0.3, -0.25) is 14.0 Å². The van der Waals surface area contributed by atoms with Crippen molar-refractivity contribution in [1.82, 2.24) is 9.38 Å². The minimum absolute atomic E-state index is 0.105. The highest BCUT2D eigenvalue weighted by atomic mass is 32.1. The van der Waals surface area contributed by atoms with E-state index in [0.717, 1.165) is 0 Å². The standard InChI is InChI=1S/C21H14FN3O4S/c22-17-7-2-1-6-16(17)19(27)23-14-5-3-4-13(10-14)20(28)29-12-15-11-18(26)25-8-9-30-21(25)24-15/h1-11H,12H2,(H,23,27). The summed E-state index contributed by atoms with van der Waals surface area (Å²) in [6, 6.07) is 13.0. The number of benzene rings is 2. The van der Waals surface area contributed by atoms with Crippen LogP contribution in [-0.2, 0) is 11.3 Å². The molecule has 2 aromatic carbocycles. The predicted molar refractivity (Wildman–Crippen MR) is 109 cm³/mol. The minimum atomic E-state index is -0.648. The molecule has 30 heavy (non-hydrogen) atoms. The molecule has 0 saturated carbocycles. The first-order valence-electron chi connectivity index (χ1n) is 8.80. The number of esters is 1. The van der Waals surface area contributed by atoms with E-state index in [1.807, 2.05) is 0 Å². The highest BCUT2D eigenvalue weighted by Gasteiger charge is 2.14. The van der Waals surface area contributed by atoms with Crippen LogP contribution in [0.4, 0.5) is 10.1 Å². The van der Waals surface area contributed by atoms with E-state index in [1.54, 1.807) is 29.8 Å². The second kappa shape index (κ2) is 8.26. The summed E-state index contributed by atoms with van der Waals surface area (Å²) in [5, 5.41) is 4.29. The van der Waals surface area contributed by atoms with Gasteiger partial charge in [0.2, 0.25) is 0 Å². The number of aromatic nitrogens is 2. The number of nitrogens with one attached hydrogen (secondary N) is 1. The first-order chi connectivity index (χ1) is 14.5. The first kappa shape index (κ1) is 19.5. The van der Waals surface area contributed by atoms with Gasteiger partial charge in [-0.25, -0.2) is 14.2 Å². The Kier molecular flexibility index (Phi) is 5.36. The third-order valence-corrected chi connectivity index (χ3v) is 4.94. The number of ether oxygens (including phenoxy) is 1. The number of fused-ring (bicyclic) bond motifs is 1. The van der Waals surface area contributed by atoms with Gasteiger partial charge >= 0.3 is 5.97 Å². The smallest absolute Gasteiger partial charge is 0.338 e. The summed E-state index contributed by atoms with van der Waals surface area (Å²) in [5.74, 6) is -1.92. The molecule has 0 atom stereocenters. The summed E-state index contributed by atoms with van der Waals surface area (Å²) >= 11 is 1.30. The fourth-order valence-corrected chi connectivity index (χ4v) is 3.49. The second-order valence-electron chi connectivity index (χ2n) is 6.23. The van der Waals surface area contributed by atoms with Crippen LogP contribution in [0.1, 0.15) is 26.4 Å². The van der Waals surface area contributed by atoms with Crippen molar-refractivity contribution in [3.8, 4) is 0 Å². The highest BCUT2D eigenvalue weighted by molar-refractivity contribution is 7.15. The van der Waals surface area contributed by atoms with Gasteiger partial charge in [0, 0.05) is 23.3 Å². The molecule has 0 bridgehead atoms. The predicted octanol–water partition coefficient (Wildman–Crippen LogP) is 3.50. The molecule has 2 heterocycles. The molecule has 0 saturated heterocycles. The Morgan fingerprint density at radius 1 is 1.13 bits per heavy atom. The van der Waals surface area contributed by atoms with Crippen molar-refractivity contribution in [1.29, 1.82) is 0 Å². The van der Waals surface area contributed by atoms with Crippen molar-refractivity contribution in [3.05, 3.63) is 99.2 Å². The molecule has 1 N–H and O–H groups in total. The summed E-state index contributed by atoms with van der Waals surface area (Å²) in [6.45, 7) is -0.172. The molecule has 0 radical (unpaired) electrons. The Labute approximate surface area is 173 Å². The van der Waals surface area contributed by atoms with E-state index in [-0.39, 0.29) is 23.3 Å². The van der Waals surface area contributed by atoms with Crippen LogP contribution in [-0.4, -0.2) is 21.3 Å². The number of carbonyl (C=O) groups is 2. The quantitative estimate of drug-likeness (QED) is 0.496. The maximum Gasteiger partial charge on any atom is 0.338 e. The molecule has 150 valence electrons. The normalized spacial score (nSPS) is 10.7. The zero-order valence-electron chi connectivity index (χ0n) is 15.4. The Hall–Kier alpha value is -3.85. The van der Waals surface area contributed by atoms with Gasteiger partial charge in [0.05, 0.1) is 16.8 Å². The lowest BCUT2D eigenvalue weighted by Gasteiger charge is -2.08. The van der Waals surface area contributed by atoms with Crippen LogP contribution in [0.2, 0.25) is 0 Å². The molecule has 0 aliphatic heterocycles. The van der Waals surface area contributed by atoms with Crippen LogP contribution in [0, 0.1) is 5.82 Å². The Bertz CT molecular complexity index is 1310. The molecule has 0 spiro atoms. The topological polar surface area (TPSA) is 89.8 Å². The molecule has 0 unspecified atom stereocenters. The molecule has 0 aliphatic rings. The number of hydrogen-bond acceptors (Lipinski definition) is 6. The Morgan fingerprint density at radius 2 is 1.97 bits per heavy atom. The molecule has 1 amide bonds. The van der Waals surface area contributed by atoms with E-state index in [4.69, 9.17) is 4.74 Å². The number of carbonyl (C=O) groups excluding carboxylic acids is 2. The fraction of sp³-hybridized carbons (Fsp3) is 0.0476. The van der Waals surface area contributed by atoms with Crippen LogP contribution in [0.15, 0.2) is 71.0 Å². The zero-order valence-corrected chi connectivity index (χ0v) is 16.2. The summed E-state index contributed by atoms with van der Waals surface area (Å²) < 4.78 is 20.4. The number of amides is 1. The van der Waals surface area contributed by atoms with Crippen LogP contribution in [0.25, 0.3) is 4.96 Å². The van der Waals surface area contributed by atoms with Crippen molar-refractivity contribution in [2.24, 2.45) is 0 Å². The van der Waals surface area contributed by atoms with Gasteiger partial charge in [0.1, 0.15) is 12.4 Å². The van der Waals surface area contributed by atoms with Crippen molar-refractivity contribution in [2.45, 2.75) is 6.61 Å². The number of halogens is 1. The van der Waals surface area contributed by atoms with E-state index >= 15 is 0 Å². The molecule has 4 rings (SSSR count). The lowest BCUT2D eigenvalue weighted by atomic mass is 10.1. The maximum absolute atomic E-state index is 13.8. The first-order valence-corrected chi connectivity index (χ1v) is 9.68. The molecule has 0 fully saturated rings. The van der Waals surface area contributed by atoms with Crippen molar-refractivity contribution < 1.29 is 18.7 Å².